The van der Waals surface area contributed by atoms with Crippen LogP contribution in [0.2, 0.25) is 0 Å². The van der Waals surface area contributed by atoms with Crippen molar-refractivity contribution in [2.75, 3.05) is 21.3 Å². The van der Waals surface area contributed by atoms with E-state index in [0.717, 1.165) is 28.0 Å². The van der Waals surface area contributed by atoms with Gasteiger partial charge < -0.3 is 14.2 Å². The fourth-order valence-corrected chi connectivity index (χ4v) is 3.16. The number of rotatable bonds is 7. The SMILES string of the molecule is CC.CC.CC.[3H]c1cccc(Cc2cccc(Cc3cccc([3H])c3OC)c2OC)c1OC. The molecule has 0 fully saturated rings. The molecule has 0 aliphatic carbocycles. The average Bonchev–Trinajstić information content (AvgIpc) is 2.88. The van der Waals surface area contributed by atoms with E-state index in [4.69, 9.17) is 17.0 Å². The van der Waals surface area contributed by atoms with Crippen molar-refractivity contribution in [3.8, 4) is 17.2 Å². The molecule has 0 saturated carbocycles. The first-order chi connectivity index (χ1) is 16.6. The van der Waals surface area contributed by atoms with Crippen molar-refractivity contribution in [2.24, 2.45) is 0 Å². The van der Waals surface area contributed by atoms with Gasteiger partial charge in [-0.05, 0) is 34.3 Å². The second-order valence-corrected chi connectivity index (χ2v) is 5.92. The van der Waals surface area contributed by atoms with Crippen molar-refractivity contribution in [3.05, 3.63) is 88.9 Å². The van der Waals surface area contributed by atoms with Gasteiger partial charge in [0.2, 0.25) is 0 Å². The molecule has 3 aromatic carbocycles. The molecule has 3 rings (SSSR count). The summed E-state index contributed by atoms with van der Waals surface area (Å²) >= 11 is 0. The molecule has 0 bridgehead atoms. The third kappa shape index (κ3) is 8.30. The molecular formula is C29H42O3. The molecular weight excluding hydrogens is 396 g/mol. The summed E-state index contributed by atoms with van der Waals surface area (Å²) in [4.78, 5) is 0. The topological polar surface area (TPSA) is 27.7 Å². The fourth-order valence-electron chi connectivity index (χ4n) is 3.16. The van der Waals surface area contributed by atoms with Gasteiger partial charge in [0.25, 0.3) is 0 Å². The van der Waals surface area contributed by atoms with Gasteiger partial charge in [-0.15, -0.1) is 0 Å². The molecule has 3 heteroatoms. The highest BCUT2D eigenvalue weighted by Crippen LogP contribution is 2.32. The van der Waals surface area contributed by atoms with Crippen molar-refractivity contribution < 1.29 is 17.0 Å². The summed E-state index contributed by atoms with van der Waals surface area (Å²) in [6, 6.07) is 17.9. The largest absolute Gasteiger partial charge is 0.496 e. The van der Waals surface area contributed by atoms with Crippen LogP contribution in [0, 0.1) is 0 Å². The minimum atomic E-state index is 0.368. The summed E-state index contributed by atoms with van der Waals surface area (Å²) in [7, 11) is 4.84. The maximum absolute atomic E-state index is 8.04. The van der Waals surface area contributed by atoms with Crippen LogP contribution < -0.4 is 14.2 Å². The molecule has 3 nitrogen and oxygen atoms in total. The van der Waals surface area contributed by atoms with Crippen molar-refractivity contribution in [1.82, 2.24) is 0 Å². The van der Waals surface area contributed by atoms with E-state index >= 15 is 0 Å². The zero-order chi connectivity index (χ0) is 26.1. The summed E-state index contributed by atoms with van der Waals surface area (Å²) in [5.41, 5.74) is 3.92. The zero-order valence-corrected chi connectivity index (χ0v) is 21.3. The lowest BCUT2D eigenvalue weighted by Gasteiger charge is -2.16. The van der Waals surface area contributed by atoms with Crippen LogP contribution in [0.3, 0.4) is 0 Å². The summed E-state index contributed by atoms with van der Waals surface area (Å²) in [6.07, 6.45) is 1.20. The van der Waals surface area contributed by atoms with Gasteiger partial charge in [0.15, 0.2) is 0 Å². The van der Waals surface area contributed by atoms with Crippen molar-refractivity contribution in [2.45, 2.75) is 54.4 Å². The zero-order valence-electron chi connectivity index (χ0n) is 23.3. The average molecular weight is 443 g/mol. The molecule has 0 atom stereocenters. The normalized spacial score (nSPS) is 9.91. The summed E-state index contributed by atoms with van der Waals surface area (Å²) in [6.45, 7) is 12.0. The Morgan fingerprint density at radius 2 is 0.906 bits per heavy atom. The van der Waals surface area contributed by atoms with E-state index < -0.39 is 0 Å². The Hall–Kier alpha value is -2.94. The van der Waals surface area contributed by atoms with Crippen LogP contribution in [0.15, 0.2) is 66.7 Å². The van der Waals surface area contributed by atoms with Crippen LogP contribution in [0.4, 0.5) is 0 Å². The van der Waals surface area contributed by atoms with Crippen molar-refractivity contribution in [3.63, 3.8) is 0 Å². The summed E-state index contributed by atoms with van der Waals surface area (Å²) < 4.78 is 32.7. The van der Waals surface area contributed by atoms with Gasteiger partial charge in [-0.25, -0.2) is 0 Å². The number of hydrogen-bond donors (Lipinski definition) is 0. The van der Waals surface area contributed by atoms with Crippen LogP contribution in [0.5, 0.6) is 17.2 Å². The van der Waals surface area contributed by atoms with Gasteiger partial charge in [-0.3, -0.25) is 0 Å². The van der Waals surface area contributed by atoms with E-state index in [-0.39, 0.29) is 0 Å². The molecule has 0 heterocycles. The van der Waals surface area contributed by atoms with Gasteiger partial charge >= 0.3 is 0 Å². The highest BCUT2D eigenvalue weighted by Gasteiger charge is 2.13. The standard InChI is InChI=1S/C23H24O3.3C2H6/c1-24-21-13-6-4-9-17(21)15-19-11-8-12-20(23(19)26-3)16-18-10-5-7-14-22(18)25-2;3*1-2/h4-14H,15-16H2,1-3H3;3*1-2H3/i13T,14T;;;. The van der Waals surface area contributed by atoms with Crippen molar-refractivity contribution in [1.29, 1.82) is 0 Å². The number of hydrogen-bond acceptors (Lipinski definition) is 3. The van der Waals surface area contributed by atoms with E-state index in [0.29, 0.717) is 36.4 Å². The van der Waals surface area contributed by atoms with Gasteiger partial charge in [0.05, 0.1) is 24.1 Å². The molecule has 0 aliphatic rings. The summed E-state index contributed by atoms with van der Waals surface area (Å²) in [5, 5.41) is 0. The van der Waals surface area contributed by atoms with Gasteiger partial charge in [0.1, 0.15) is 17.2 Å². The number of methoxy groups -OCH3 is 3. The molecule has 3 aromatic rings. The highest BCUT2D eigenvalue weighted by molar-refractivity contribution is 5.49. The first-order valence-electron chi connectivity index (χ1n) is 12.5. The second kappa shape index (κ2) is 17.7. The predicted molar refractivity (Wildman–Crippen MR) is 139 cm³/mol. The van der Waals surface area contributed by atoms with Crippen LogP contribution in [0.25, 0.3) is 0 Å². The molecule has 0 spiro atoms. The lowest BCUT2D eigenvalue weighted by Crippen LogP contribution is -2.01. The van der Waals surface area contributed by atoms with Crippen LogP contribution in [-0.2, 0) is 12.8 Å². The van der Waals surface area contributed by atoms with Gasteiger partial charge in [0, 0.05) is 12.8 Å². The fraction of sp³-hybridized carbons (Fsp3) is 0.379. The van der Waals surface area contributed by atoms with Crippen LogP contribution >= 0.6 is 0 Å². The van der Waals surface area contributed by atoms with Crippen LogP contribution in [-0.4, -0.2) is 21.3 Å². The quantitative estimate of drug-likeness (QED) is 0.371. The second-order valence-electron chi connectivity index (χ2n) is 5.92. The molecule has 0 aliphatic heterocycles. The Balaban J connectivity index is 0.00000168. The van der Waals surface area contributed by atoms with Gasteiger partial charge in [-0.1, -0.05) is 96.1 Å². The Morgan fingerprint density at radius 1 is 0.531 bits per heavy atom. The van der Waals surface area contributed by atoms with Gasteiger partial charge in [-0.2, -0.15) is 0 Å². The van der Waals surface area contributed by atoms with Crippen molar-refractivity contribution >= 4 is 0 Å². The minimum Gasteiger partial charge on any atom is -0.496 e. The lowest BCUT2D eigenvalue weighted by atomic mass is 9.97. The Bertz CT molecular complexity index is 898. The Kier molecular flexibility index (Phi) is 14.0. The lowest BCUT2D eigenvalue weighted by molar-refractivity contribution is 0.401. The Labute approximate surface area is 199 Å². The van der Waals surface area contributed by atoms with E-state index in [1.807, 2.05) is 84.0 Å². The van der Waals surface area contributed by atoms with E-state index in [1.54, 1.807) is 33.5 Å². The Morgan fingerprint density at radius 3 is 1.25 bits per heavy atom. The maximum Gasteiger partial charge on any atom is 0.125 e. The first kappa shape index (κ1) is 25.3. The molecule has 0 amide bonds. The summed E-state index contributed by atoms with van der Waals surface area (Å²) in [5.74, 6) is 1.97. The van der Waals surface area contributed by atoms with E-state index in [2.05, 4.69) is 0 Å². The molecule has 0 unspecified atom stereocenters. The smallest absolute Gasteiger partial charge is 0.125 e. The minimum absolute atomic E-state index is 0.368. The van der Waals surface area contributed by atoms with E-state index in [1.165, 1.54) is 0 Å². The van der Waals surface area contributed by atoms with E-state index in [9.17, 15) is 0 Å². The predicted octanol–water partition coefficient (Wildman–Crippen LogP) is 7.97. The third-order valence-corrected chi connectivity index (χ3v) is 4.35. The molecule has 0 N–H and O–H groups in total. The highest BCUT2D eigenvalue weighted by atomic mass is 16.5. The number of ether oxygens (including phenoxy) is 3. The molecule has 0 radical (unpaired) electrons. The molecule has 0 aromatic heterocycles. The number of para-hydroxylation sites is 3. The molecule has 0 saturated heterocycles. The third-order valence-electron chi connectivity index (χ3n) is 4.35. The number of benzene rings is 3. The van der Waals surface area contributed by atoms with Crippen LogP contribution in [0.1, 0.15) is 66.5 Å². The monoisotopic (exact) mass is 442 g/mol. The molecule has 32 heavy (non-hydrogen) atoms. The molecule has 176 valence electrons. The maximum atomic E-state index is 8.04. The first-order valence-corrected chi connectivity index (χ1v) is 11.5.